The molecule has 104 valence electrons. The molecular weight excluding hydrogens is 268 g/mol. The summed E-state index contributed by atoms with van der Waals surface area (Å²) < 4.78 is 0. The standard InChI is InChI=1S/C16H18N2OS/c19-15(18-8-3-10-20-11-9-18)12-14-5-1-4-13-6-2-7-17-16(13)14/h1-2,4-7H,3,8-12H2. The van der Waals surface area contributed by atoms with Crippen molar-refractivity contribution in [3.63, 3.8) is 0 Å². The molecule has 3 nitrogen and oxygen atoms in total. The second-order valence-electron chi connectivity index (χ2n) is 5.02. The highest BCUT2D eigenvalue weighted by Crippen LogP contribution is 2.18. The van der Waals surface area contributed by atoms with E-state index in [2.05, 4.69) is 4.98 Å². The monoisotopic (exact) mass is 286 g/mol. The fraction of sp³-hybridized carbons (Fsp3) is 0.375. The van der Waals surface area contributed by atoms with Crippen LogP contribution in [0.2, 0.25) is 0 Å². The van der Waals surface area contributed by atoms with Crippen molar-refractivity contribution in [2.24, 2.45) is 0 Å². The van der Waals surface area contributed by atoms with Gasteiger partial charge in [0.2, 0.25) is 5.91 Å². The third-order valence-electron chi connectivity index (χ3n) is 3.63. The van der Waals surface area contributed by atoms with Crippen LogP contribution in [0.25, 0.3) is 10.9 Å². The molecule has 0 bridgehead atoms. The first-order valence-electron chi connectivity index (χ1n) is 7.03. The zero-order valence-corrected chi connectivity index (χ0v) is 12.2. The van der Waals surface area contributed by atoms with Gasteiger partial charge in [-0.3, -0.25) is 9.78 Å². The summed E-state index contributed by atoms with van der Waals surface area (Å²) in [6, 6.07) is 10.0. The first-order valence-corrected chi connectivity index (χ1v) is 8.18. The number of benzene rings is 1. The summed E-state index contributed by atoms with van der Waals surface area (Å²) >= 11 is 1.94. The van der Waals surface area contributed by atoms with Crippen molar-refractivity contribution in [2.45, 2.75) is 12.8 Å². The van der Waals surface area contributed by atoms with E-state index in [4.69, 9.17) is 0 Å². The van der Waals surface area contributed by atoms with E-state index in [1.54, 1.807) is 6.20 Å². The first kappa shape index (κ1) is 13.4. The number of amides is 1. The van der Waals surface area contributed by atoms with E-state index in [1.165, 1.54) is 5.75 Å². The van der Waals surface area contributed by atoms with Gasteiger partial charge in [-0.25, -0.2) is 0 Å². The number of carbonyl (C=O) groups is 1. The van der Waals surface area contributed by atoms with Crippen LogP contribution in [0.15, 0.2) is 36.5 Å². The van der Waals surface area contributed by atoms with Gasteiger partial charge in [0.05, 0.1) is 11.9 Å². The van der Waals surface area contributed by atoms with Gasteiger partial charge in [0.25, 0.3) is 0 Å². The van der Waals surface area contributed by atoms with Crippen LogP contribution in [0.4, 0.5) is 0 Å². The Balaban J connectivity index is 1.80. The Kier molecular flexibility index (Phi) is 4.21. The van der Waals surface area contributed by atoms with Crippen molar-refractivity contribution in [3.8, 4) is 0 Å². The SMILES string of the molecule is O=C(Cc1cccc2cccnc12)N1CCCSCC1. The number of fused-ring (bicyclic) bond motifs is 1. The molecule has 1 fully saturated rings. The molecule has 0 radical (unpaired) electrons. The Morgan fingerprint density at radius 3 is 3.05 bits per heavy atom. The summed E-state index contributed by atoms with van der Waals surface area (Å²) in [6.45, 7) is 1.77. The van der Waals surface area contributed by atoms with Gasteiger partial charge in [-0.1, -0.05) is 24.3 Å². The van der Waals surface area contributed by atoms with Crippen molar-refractivity contribution in [1.82, 2.24) is 9.88 Å². The summed E-state index contributed by atoms with van der Waals surface area (Å²) in [5.74, 6) is 2.45. The number of carbonyl (C=O) groups excluding carboxylic acids is 1. The smallest absolute Gasteiger partial charge is 0.227 e. The summed E-state index contributed by atoms with van der Waals surface area (Å²) in [5, 5.41) is 1.10. The van der Waals surface area contributed by atoms with Crippen molar-refractivity contribution in [3.05, 3.63) is 42.1 Å². The molecule has 0 spiro atoms. The molecule has 0 aliphatic carbocycles. The molecule has 0 unspecified atom stereocenters. The molecule has 2 aromatic rings. The number of hydrogen-bond acceptors (Lipinski definition) is 3. The van der Waals surface area contributed by atoms with Crippen LogP contribution in [0.5, 0.6) is 0 Å². The Labute approximate surface area is 123 Å². The fourth-order valence-corrected chi connectivity index (χ4v) is 3.47. The van der Waals surface area contributed by atoms with Crippen LogP contribution in [0, 0.1) is 0 Å². The molecule has 2 heterocycles. The number of pyridine rings is 1. The number of hydrogen-bond donors (Lipinski definition) is 0. The predicted octanol–water partition coefficient (Wildman–Crippen LogP) is 2.74. The third kappa shape index (κ3) is 2.96. The largest absolute Gasteiger partial charge is 0.342 e. The minimum Gasteiger partial charge on any atom is -0.342 e. The van der Waals surface area contributed by atoms with Crippen LogP contribution in [0.1, 0.15) is 12.0 Å². The molecule has 1 aliphatic heterocycles. The van der Waals surface area contributed by atoms with E-state index < -0.39 is 0 Å². The quantitative estimate of drug-likeness (QED) is 0.851. The maximum Gasteiger partial charge on any atom is 0.227 e. The van der Waals surface area contributed by atoms with E-state index in [0.29, 0.717) is 6.42 Å². The molecule has 20 heavy (non-hydrogen) atoms. The molecule has 3 rings (SSSR count). The number of nitrogens with zero attached hydrogens (tertiary/aromatic N) is 2. The normalized spacial score (nSPS) is 16.1. The van der Waals surface area contributed by atoms with Gasteiger partial charge >= 0.3 is 0 Å². The summed E-state index contributed by atoms with van der Waals surface area (Å²) in [4.78, 5) is 18.9. The van der Waals surface area contributed by atoms with Crippen LogP contribution < -0.4 is 0 Å². The lowest BCUT2D eigenvalue weighted by molar-refractivity contribution is -0.130. The van der Waals surface area contributed by atoms with Crippen LogP contribution in [-0.4, -0.2) is 40.4 Å². The van der Waals surface area contributed by atoms with Crippen LogP contribution in [-0.2, 0) is 11.2 Å². The summed E-state index contributed by atoms with van der Waals surface area (Å²) in [7, 11) is 0. The van der Waals surface area contributed by atoms with Gasteiger partial charge in [0.15, 0.2) is 0 Å². The maximum absolute atomic E-state index is 12.5. The molecule has 1 aromatic carbocycles. The van der Waals surface area contributed by atoms with E-state index in [-0.39, 0.29) is 5.91 Å². The van der Waals surface area contributed by atoms with Gasteiger partial charge in [-0.2, -0.15) is 11.8 Å². The number of aromatic nitrogens is 1. The van der Waals surface area contributed by atoms with Crippen molar-refractivity contribution < 1.29 is 4.79 Å². The lowest BCUT2D eigenvalue weighted by Crippen LogP contribution is -2.34. The Morgan fingerprint density at radius 1 is 1.20 bits per heavy atom. The summed E-state index contributed by atoms with van der Waals surface area (Å²) in [6.07, 6.45) is 3.35. The average molecular weight is 286 g/mol. The van der Waals surface area contributed by atoms with E-state index in [0.717, 1.165) is 41.7 Å². The second kappa shape index (κ2) is 6.27. The highest BCUT2D eigenvalue weighted by atomic mass is 32.2. The average Bonchev–Trinajstić information content (AvgIpc) is 2.77. The lowest BCUT2D eigenvalue weighted by Gasteiger charge is -2.20. The molecule has 0 atom stereocenters. The van der Waals surface area contributed by atoms with E-state index >= 15 is 0 Å². The highest BCUT2D eigenvalue weighted by Gasteiger charge is 2.17. The lowest BCUT2D eigenvalue weighted by atomic mass is 10.1. The molecule has 4 heteroatoms. The number of rotatable bonds is 2. The van der Waals surface area contributed by atoms with E-state index in [1.807, 2.05) is 47.0 Å². The maximum atomic E-state index is 12.5. The van der Waals surface area contributed by atoms with Crippen molar-refractivity contribution >= 4 is 28.6 Å². The van der Waals surface area contributed by atoms with Gasteiger partial charge in [-0.05, 0) is 23.8 Å². The fourth-order valence-electron chi connectivity index (χ4n) is 2.58. The topological polar surface area (TPSA) is 33.2 Å². The van der Waals surface area contributed by atoms with Crippen molar-refractivity contribution in [2.75, 3.05) is 24.6 Å². The molecular formula is C16H18N2OS. The Hall–Kier alpha value is -1.55. The van der Waals surface area contributed by atoms with Crippen molar-refractivity contribution in [1.29, 1.82) is 0 Å². The number of para-hydroxylation sites is 1. The molecule has 1 aliphatic rings. The molecule has 1 saturated heterocycles. The second-order valence-corrected chi connectivity index (χ2v) is 6.24. The van der Waals surface area contributed by atoms with Crippen LogP contribution in [0.3, 0.4) is 0 Å². The van der Waals surface area contributed by atoms with Gasteiger partial charge in [-0.15, -0.1) is 0 Å². The summed E-state index contributed by atoms with van der Waals surface area (Å²) in [5.41, 5.74) is 1.98. The highest BCUT2D eigenvalue weighted by molar-refractivity contribution is 7.99. The van der Waals surface area contributed by atoms with Gasteiger partial charge < -0.3 is 4.90 Å². The Morgan fingerprint density at radius 2 is 2.10 bits per heavy atom. The van der Waals surface area contributed by atoms with Gasteiger partial charge in [0.1, 0.15) is 0 Å². The molecule has 1 aromatic heterocycles. The van der Waals surface area contributed by atoms with Gasteiger partial charge in [0, 0.05) is 30.4 Å². The van der Waals surface area contributed by atoms with E-state index in [9.17, 15) is 4.79 Å². The molecule has 0 saturated carbocycles. The third-order valence-corrected chi connectivity index (χ3v) is 4.68. The first-order chi connectivity index (χ1) is 9.84. The number of thioether (sulfide) groups is 1. The molecule has 1 amide bonds. The Bertz CT molecular complexity index is 601. The molecule has 0 N–H and O–H groups in total. The van der Waals surface area contributed by atoms with Crippen LogP contribution >= 0.6 is 11.8 Å². The minimum atomic E-state index is 0.227. The zero-order chi connectivity index (χ0) is 13.8. The zero-order valence-electron chi connectivity index (χ0n) is 11.4. The minimum absolute atomic E-state index is 0.227. The predicted molar refractivity (Wildman–Crippen MR) is 84.0 cm³/mol.